The van der Waals surface area contributed by atoms with Crippen LogP contribution in [0.4, 0.5) is 10.7 Å². The maximum Gasteiger partial charge on any atom is 0.507 e. The van der Waals surface area contributed by atoms with E-state index in [4.69, 9.17) is 9.84 Å². The highest BCUT2D eigenvalue weighted by molar-refractivity contribution is 8.01. The maximum atomic E-state index is 12.2. The van der Waals surface area contributed by atoms with Gasteiger partial charge in [0, 0.05) is 12.4 Å². The van der Waals surface area contributed by atoms with Gasteiger partial charge in [-0.05, 0) is 13.8 Å². The van der Waals surface area contributed by atoms with Crippen LogP contribution in [0.15, 0.2) is 12.4 Å². The molecule has 2 aliphatic rings. The predicted octanol–water partition coefficient (Wildman–Crippen LogP) is 0.905. The summed E-state index contributed by atoms with van der Waals surface area (Å²) in [6.45, 7) is 3.72. The first-order valence-electron chi connectivity index (χ1n) is 6.05. The molecule has 0 aliphatic carbocycles. The summed E-state index contributed by atoms with van der Waals surface area (Å²) in [6.07, 6.45) is 1.10. The van der Waals surface area contributed by atoms with E-state index in [1.165, 1.54) is 16.7 Å². The summed E-state index contributed by atoms with van der Waals surface area (Å²) in [5, 5.41) is 11.6. The topological polar surface area (TPSA) is 108 Å². The Balaban J connectivity index is 1.76. The smallest absolute Gasteiger partial charge is 0.450 e. The Labute approximate surface area is 118 Å². The molecular formula is C11H14N4O4S. The van der Waals surface area contributed by atoms with Crippen molar-refractivity contribution in [2.75, 3.05) is 5.32 Å². The van der Waals surface area contributed by atoms with E-state index in [0.717, 1.165) is 0 Å². The predicted molar refractivity (Wildman–Crippen MR) is 71.2 cm³/mol. The lowest BCUT2D eigenvalue weighted by molar-refractivity contribution is -0.158. The van der Waals surface area contributed by atoms with Gasteiger partial charge in [-0.25, -0.2) is 9.78 Å². The Bertz CT molecular complexity index is 547. The number of ether oxygens (including phenoxy) is 1. The van der Waals surface area contributed by atoms with Gasteiger partial charge in [0.1, 0.15) is 11.4 Å². The standard InChI is InChI=1S/C11H14N4O4S/c1-11(2)8(19-10(17)18)15-6(16)5(7(15)20-11)14-9-12-3-4-13-9/h3-5,7-8H,1-2H3,(H,17,18)(H2,12,13,14)/t5?,7-,8?/m0/s1. The number of hydrogen-bond donors (Lipinski definition) is 3. The van der Waals surface area contributed by atoms with Crippen molar-refractivity contribution in [1.29, 1.82) is 0 Å². The largest absolute Gasteiger partial charge is 0.507 e. The number of thioether (sulfide) groups is 1. The summed E-state index contributed by atoms with van der Waals surface area (Å²) in [5.41, 5.74) is 0. The summed E-state index contributed by atoms with van der Waals surface area (Å²) < 4.78 is 4.38. The Morgan fingerprint density at radius 2 is 2.40 bits per heavy atom. The molecule has 108 valence electrons. The average Bonchev–Trinajstić information content (AvgIpc) is 2.92. The molecule has 1 aromatic rings. The number of aromatic amines is 1. The van der Waals surface area contributed by atoms with Crippen LogP contribution >= 0.6 is 11.8 Å². The van der Waals surface area contributed by atoms with Crippen LogP contribution in [0.5, 0.6) is 0 Å². The van der Waals surface area contributed by atoms with Gasteiger partial charge in [-0.1, -0.05) is 0 Å². The first-order valence-corrected chi connectivity index (χ1v) is 6.93. The summed E-state index contributed by atoms with van der Waals surface area (Å²) in [4.78, 5) is 31.3. The summed E-state index contributed by atoms with van der Waals surface area (Å²) in [5.74, 6) is 0.333. The Hall–Kier alpha value is -1.90. The molecule has 1 aromatic heterocycles. The fourth-order valence-electron chi connectivity index (χ4n) is 2.48. The van der Waals surface area contributed by atoms with E-state index < -0.39 is 23.2 Å². The van der Waals surface area contributed by atoms with E-state index in [-0.39, 0.29) is 11.3 Å². The number of amides is 1. The van der Waals surface area contributed by atoms with Crippen LogP contribution in [0.2, 0.25) is 0 Å². The number of nitrogens with zero attached hydrogens (tertiary/aromatic N) is 2. The lowest BCUT2D eigenvalue weighted by atomic mass is 10.0. The van der Waals surface area contributed by atoms with Crippen LogP contribution in [-0.2, 0) is 9.53 Å². The van der Waals surface area contributed by atoms with Gasteiger partial charge in [0.2, 0.25) is 5.95 Å². The van der Waals surface area contributed by atoms with Gasteiger partial charge in [0.15, 0.2) is 6.23 Å². The second-order valence-corrected chi connectivity index (χ2v) is 6.92. The van der Waals surface area contributed by atoms with Gasteiger partial charge in [0.05, 0.1) is 4.75 Å². The van der Waals surface area contributed by atoms with Crippen molar-refractivity contribution in [3.05, 3.63) is 12.4 Å². The van der Waals surface area contributed by atoms with Crippen molar-refractivity contribution in [2.24, 2.45) is 0 Å². The molecule has 2 saturated heterocycles. The normalized spacial score (nSPS) is 30.6. The molecule has 3 rings (SSSR count). The third-order valence-corrected chi connectivity index (χ3v) is 4.90. The monoisotopic (exact) mass is 298 g/mol. The number of carboxylic acid groups (broad SMARTS) is 1. The number of nitrogens with one attached hydrogen (secondary N) is 2. The van der Waals surface area contributed by atoms with Crippen LogP contribution in [0.3, 0.4) is 0 Å². The minimum absolute atomic E-state index is 0.160. The number of β-lactam (4-membered cyclic amide) rings is 1. The average molecular weight is 298 g/mol. The van der Waals surface area contributed by atoms with E-state index in [0.29, 0.717) is 5.95 Å². The number of anilines is 1. The minimum atomic E-state index is -1.38. The van der Waals surface area contributed by atoms with Crippen LogP contribution in [0.1, 0.15) is 13.8 Å². The van der Waals surface area contributed by atoms with Crippen LogP contribution < -0.4 is 5.32 Å². The molecule has 0 saturated carbocycles. The van der Waals surface area contributed by atoms with Crippen molar-refractivity contribution in [2.45, 2.75) is 36.2 Å². The lowest BCUT2D eigenvalue weighted by Gasteiger charge is -2.43. The van der Waals surface area contributed by atoms with Gasteiger partial charge < -0.3 is 20.1 Å². The summed E-state index contributed by atoms with van der Waals surface area (Å²) >= 11 is 1.51. The third kappa shape index (κ3) is 1.89. The molecule has 2 unspecified atom stereocenters. The summed E-state index contributed by atoms with van der Waals surface area (Å²) in [7, 11) is 0. The fourth-order valence-corrected chi connectivity index (χ4v) is 4.03. The fraction of sp³-hybridized carbons (Fsp3) is 0.545. The van der Waals surface area contributed by atoms with Crippen molar-refractivity contribution < 1.29 is 19.4 Å². The van der Waals surface area contributed by atoms with E-state index in [1.54, 1.807) is 12.4 Å². The molecule has 1 amide bonds. The number of H-pyrrole nitrogens is 1. The van der Waals surface area contributed by atoms with Crippen LogP contribution in [-0.4, -0.2) is 54.4 Å². The SMILES string of the molecule is CC1(C)S[C@H]2C(Nc3ncc[nH]3)C(=O)N2C1OC(=O)O. The Kier molecular flexibility index (Phi) is 2.82. The zero-order valence-electron chi connectivity index (χ0n) is 10.9. The Morgan fingerprint density at radius 3 is 3.00 bits per heavy atom. The second kappa shape index (κ2) is 4.30. The van der Waals surface area contributed by atoms with Gasteiger partial charge in [0.25, 0.3) is 5.91 Å². The molecule has 0 spiro atoms. The van der Waals surface area contributed by atoms with E-state index in [1.807, 2.05) is 13.8 Å². The molecule has 0 aromatic carbocycles. The molecule has 0 radical (unpaired) electrons. The quantitative estimate of drug-likeness (QED) is 0.562. The molecule has 2 aliphatic heterocycles. The second-order valence-electron chi connectivity index (χ2n) is 5.15. The minimum Gasteiger partial charge on any atom is -0.450 e. The highest BCUT2D eigenvalue weighted by Crippen LogP contribution is 2.51. The van der Waals surface area contributed by atoms with E-state index in [9.17, 15) is 9.59 Å². The summed E-state index contributed by atoms with van der Waals surface area (Å²) in [6, 6.07) is -0.423. The van der Waals surface area contributed by atoms with Crippen LogP contribution in [0.25, 0.3) is 0 Å². The van der Waals surface area contributed by atoms with E-state index in [2.05, 4.69) is 15.3 Å². The highest BCUT2D eigenvalue weighted by atomic mass is 32.2. The first-order chi connectivity index (χ1) is 9.40. The Morgan fingerprint density at radius 1 is 1.65 bits per heavy atom. The van der Waals surface area contributed by atoms with Gasteiger partial charge >= 0.3 is 6.16 Å². The zero-order chi connectivity index (χ0) is 14.5. The van der Waals surface area contributed by atoms with Crippen molar-refractivity contribution in [1.82, 2.24) is 14.9 Å². The number of hydrogen-bond acceptors (Lipinski definition) is 6. The third-order valence-electron chi connectivity index (χ3n) is 3.35. The number of carbonyl (C=O) groups is 2. The van der Waals surface area contributed by atoms with Crippen molar-refractivity contribution in [3.8, 4) is 0 Å². The van der Waals surface area contributed by atoms with Gasteiger partial charge in [-0.2, -0.15) is 0 Å². The van der Waals surface area contributed by atoms with Crippen molar-refractivity contribution in [3.63, 3.8) is 0 Å². The van der Waals surface area contributed by atoms with E-state index >= 15 is 0 Å². The molecule has 20 heavy (non-hydrogen) atoms. The van der Waals surface area contributed by atoms with Gasteiger partial charge in [-0.3, -0.25) is 9.69 Å². The van der Waals surface area contributed by atoms with Crippen LogP contribution in [0, 0.1) is 0 Å². The number of rotatable bonds is 3. The molecule has 0 bridgehead atoms. The number of imidazole rings is 1. The molecule has 8 nitrogen and oxygen atoms in total. The molecule has 2 fully saturated rings. The van der Waals surface area contributed by atoms with Gasteiger partial charge in [-0.15, -0.1) is 11.8 Å². The number of aromatic nitrogens is 2. The lowest BCUT2D eigenvalue weighted by Crippen LogP contribution is -2.67. The zero-order valence-corrected chi connectivity index (χ0v) is 11.7. The molecule has 3 atom stereocenters. The maximum absolute atomic E-state index is 12.2. The number of carbonyl (C=O) groups excluding carboxylic acids is 1. The molecule has 3 N–H and O–H groups in total. The first kappa shape index (κ1) is 13.1. The highest BCUT2D eigenvalue weighted by Gasteiger charge is 2.63. The molecule has 9 heteroatoms. The molecular weight excluding hydrogens is 284 g/mol. The number of fused-ring (bicyclic) bond motifs is 1. The molecule has 3 heterocycles. The van der Waals surface area contributed by atoms with Crippen molar-refractivity contribution >= 4 is 29.8 Å².